The van der Waals surface area contributed by atoms with E-state index in [-0.39, 0.29) is 35.5 Å². The lowest BCUT2D eigenvalue weighted by Crippen LogP contribution is -2.40. The Morgan fingerprint density at radius 2 is 1.48 bits per heavy atom. The molecule has 1 aromatic carbocycles. The average Bonchev–Trinajstić information content (AvgIpc) is 3.48. The Balaban J connectivity index is 1.23. The fourth-order valence-corrected chi connectivity index (χ4v) is 5.98. The van der Waals surface area contributed by atoms with Gasteiger partial charge >= 0.3 is 0 Å². The fraction of sp³-hybridized carbons (Fsp3) is 0.545. The molecule has 2 amide bonds. The topological polar surface area (TPSA) is 49.9 Å². The van der Waals surface area contributed by atoms with Crippen LogP contribution in [0, 0.1) is 35.5 Å². The van der Waals surface area contributed by atoms with Crippen LogP contribution in [0.1, 0.15) is 12.0 Å². The third-order valence-electron chi connectivity index (χ3n) is 7.37. The van der Waals surface area contributed by atoms with Gasteiger partial charge in [0.1, 0.15) is 0 Å². The van der Waals surface area contributed by atoms with Crippen LogP contribution in [-0.4, -0.2) is 43.0 Å². The Morgan fingerprint density at radius 3 is 2.07 bits per heavy atom. The normalized spacial score (nSPS) is 39.6. The summed E-state index contributed by atoms with van der Waals surface area (Å²) in [6.07, 6.45) is 5.65. The number of benzene rings is 1. The molecule has 2 aliphatic heterocycles. The minimum Gasteiger partial charge on any atom is -0.379 e. The zero-order valence-electron chi connectivity index (χ0n) is 15.3. The van der Waals surface area contributed by atoms with Crippen LogP contribution in [-0.2, 0) is 20.9 Å². The quantitative estimate of drug-likeness (QED) is 0.609. The summed E-state index contributed by atoms with van der Waals surface area (Å²) >= 11 is 0. The summed E-state index contributed by atoms with van der Waals surface area (Å²) in [7, 11) is 0. The van der Waals surface area contributed by atoms with E-state index >= 15 is 0 Å². The molecule has 2 heterocycles. The molecule has 27 heavy (non-hydrogen) atoms. The molecular formula is C22H24N2O3. The molecule has 0 unspecified atom stereocenters. The highest BCUT2D eigenvalue weighted by Gasteiger charge is 2.67. The second-order valence-corrected chi connectivity index (χ2v) is 8.72. The number of carbonyl (C=O) groups is 2. The summed E-state index contributed by atoms with van der Waals surface area (Å²) in [5.74, 6) is 1.67. The maximum atomic E-state index is 13.2. The molecule has 6 atom stereocenters. The molecule has 6 aliphatic rings. The van der Waals surface area contributed by atoms with Crippen molar-refractivity contribution in [1.29, 1.82) is 0 Å². The van der Waals surface area contributed by atoms with Crippen molar-refractivity contribution in [1.82, 2.24) is 4.90 Å². The first-order chi connectivity index (χ1) is 13.2. The van der Waals surface area contributed by atoms with Gasteiger partial charge in [-0.1, -0.05) is 24.3 Å². The van der Waals surface area contributed by atoms with Gasteiger partial charge in [0.2, 0.25) is 11.8 Å². The molecule has 0 aromatic heterocycles. The predicted molar refractivity (Wildman–Crippen MR) is 99.7 cm³/mol. The van der Waals surface area contributed by atoms with Crippen molar-refractivity contribution in [2.24, 2.45) is 35.5 Å². The van der Waals surface area contributed by atoms with Crippen molar-refractivity contribution in [2.45, 2.75) is 13.0 Å². The highest BCUT2D eigenvalue weighted by atomic mass is 16.5. The van der Waals surface area contributed by atoms with Gasteiger partial charge in [-0.2, -0.15) is 0 Å². The van der Waals surface area contributed by atoms with E-state index in [4.69, 9.17) is 4.74 Å². The van der Waals surface area contributed by atoms with E-state index in [1.54, 1.807) is 0 Å². The molecule has 7 rings (SSSR count). The lowest BCUT2D eigenvalue weighted by Gasteiger charge is -2.37. The van der Waals surface area contributed by atoms with Gasteiger partial charge in [0.15, 0.2) is 0 Å². The van der Waals surface area contributed by atoms with Crippen molar-refractivity contribution in [3.8, 4) is 0 Å². The number of hydrogen-bond donors (Lipinski definition) is 0. The lowest BCUT2D eigenvalue weighted by molar-refractivity contribution is -0.124. The molecule has 140 valence electrons. The van der Waals surface area contributed by atoms with Crippen LogP contribution in [0.3, 0.4) is 0 Å². The third-order valence-corrected chi connectivity index (χ3v) is 7.37. The standard InChI is InChI=1S/C22H24N2O3/c25-21-19-15-5-6-16(18-11-17(15)18)20(19)22(26)24(21)14-3-1-13(2-4-14)12-23-7-9-27-10-8-23/h1-6,15-20H,7-12H2/t15-,16-,17-,18+,19+,20+/m0/s1. The summed E-state index contributed by atoms with van der Waals surface area (Å²) < 4.78 is 5.40. The van der Waals surface area contributed by atoms with E-state index in [0.717, 1.165) is 38.5 Å². The van der Waals surface area contributed by atoms with E-state index in [0.29, 0.717) is 11.8 Å². The summed E-state index contributed by atoms with van der Waals surface area (Å²) in [5.41, 5.74) is 1.94. The molecule has 5 nitrogen and oxygen atoms in total. The van der Waals surface area contributed by atoms with Crippen LogP contribution in [0.2, 0.25) is 0 Å². The Labute approximate surface area is 159 Å². The van der Waals surface area contributed by atoms with Crippen molar-refractivity contribution in [3.05, 3.63) is 42.0 Å². The summed E-state index contributed by atoms with van der Waals surface area (Å²) in [4.78, 5) is 30.2. The van der Waals surface area contributed by atoms with Gasteiger partial charge in [0, 0.05) is 19.6 Å². The molecule has 4 aliphatic carbocycles. The molecule has 0 spiro atoms. The Hall–Kier alpha value is -1.98. The Kier molecular flexibility index (Phi) is 3.42. The maximum Gasteiger partial charge on any atom is 0.238 e. The van der Waals surface area contributed by atoms with E-state index in [1.165, 1.54) is 16.9 Å². The van der Waals surface area contributed by atoms with E-state index in [9.17, 15) is 9.59 Å². The smallest absolute Gasteiger partial charge is 0.238 e. The van der Waals surface area contributed by atoms with Crippen LogP contribution in [0.15, 0.2) is 36.4 Å². The first kappa shape index (κ1) is 16.0. The molecule has 1 aromatic rings. The number of ether oxygens (including phenoxy) is 1. The second-order valence-electron chi connectivity index (χ2n) is 8.72. The third kappa shape index (κ3) is 2.31. The fourth-order valence-electron chi connectivity index (χ4n) is 5.98. The van der Waals surface area contributed by atoms with Crippen LogP contribution in [0.4, 0.5) is 5.69 Å². The number of nitrogens with zero attached hydrogens (tertiary/aromatic N) is 2. The largest absolute Gasteiger partial charge is 0.379 e. The van der Waals surface area contributed by atoms with Crippen LogP contribution < -0.4 is 4.90 Å². The number of amides is 2. The first-order valence-corrected chi connectivity index (χ1v) is 10.2. The molecule has 0 N–H and O–H groups in total. The summed E-state index contributed by atoms with van der Waals surface area (Å²) in [6.45, 7) is 4.36. The average molecular weight is 364 g/mol. The Morgan fingerprint density at radius 1 is 0.889 bits per heavy atom. The van der Waals surface area contributed by atoms with Crippen molar-refractivity contribution >= 4 is 17.5 Å². The molecule has 4 fully saturated rings. The highest BCUT2D eigenvalue weighted by Crippen LogP contribution is 2.65. The predicted octanol–water partition coefficient (Wildman–Crippen LogP) is 2.08. The van der Waals surface area contributed by atoms with Crippen LogP contribution in [0.25, 0.3) is 0 Å². The van der Waals surface area contributed by atoms with Gasteiger partial charge in [0.05, 0.1) is 30.7 Å². The minimum absolute atomic E-state index is 0.0237. The Bertz CT molecular complexity index is 790. The monoisotopic (exact) mass is 364 g/mol. The van der Waals surface area contributed by atoms with Crippen LogP contribution in [0.5, 0.6) is 0 Å². The number of anilines is 1. The number of imide groups is 1. The van der Waals surface area contributed by atoms with Gasteiger partial charge in [-0.3, -0.25) is 19.4 Å². The van der Waals surface area contributed by atoms with Crippen molar-refractivity contribution in [3.63, 3.8) is 0 Å². The van der Waals surface area contributed by atoms with Crippen molar-refractivity contribution < 1.29 is 14.3 Å². The lowest BCUT2D eigenvalue weighted by atomic mass is 9.63. The van der Waals surface area contributed by atoms with Crippen molar-refractivity contribution in [2.75, 3.05) is 31.2 Å². The number of hydrogen-bond acceptors (Lipinski definition) is 4. The van der Waals surface area contributed by atoms with Crippen LogP contribution >= 0.6 is 0 Å². The SMILES string of the molecule is O=C1[C@@H]2[C@H]3C=C[C@@H]([C@@H]4C[C@H]34)[C@H]2C(=O)N1c1ccc(CN2CCOCC2)cc1. The zero-order chi connectivity index (χ0) is 18.1. The number of allylic oxidation sites excluding steroid dienone is 2. The molecule has 2 saturated carbocycles. The minimum atomic E-state index is -0.121. The van der Waals surface area contributed by atoms with Gasteiger partial charge in [-0.25, -0.2) is 0 Å². The highest BCUT2D eigenvalue weighted by molar-refractivity contribution is 6.22. The zero-order valence-corrected chi connectivity index (χ0v) is 15.3. The number of carbonyl (C=O) groups excluding carboxylic acids is 2. The molecule has 5 heteroatoms. The van der Waals surface area contributed by atoms with Gasteiger partial charge in [-0.15, -0.1) is 0 Å². The summed E-state index contributed by atoms with van der Waals surface area (Å²) in [6, 6.07) is 7.99. The molecular weight excluding hydrogens is 340 g/mol. The van der Waals surface area contributed by atoms with E-state index in [2.05, 4.69) is 29.2 Å². The van der Waals surface area contributed by atoms with E-state index in [1.807, 2.05) is 12.1 Å². The van der Waals surface area contributed by atoms with Gasteiger partial charge < -0.3 is 4.74 Å². The van der Waals surface area contributed by atoms with Gasteiger partial charge in [0.25, 0.3) is 0 Å². The van der Waals surface area contributed by atoms with E-state index < -0.39 is 0 Å². The number of morpholine rings is 1. The number of rotatable bonds is 3. The second kappa shape index (κ2) is 5.76. The maximum absolute atomic E-state index is 13.2. The summed E-state index contributed by atoms with van der Waals surface area (Å²) in [5, 5.41) is 0. The molecule has 0 radical (unpaired) electrons. The molecule has 2 saturated heterocycles. The first-order valence-electron chi connectivity index (χ1n) is 10.2. The van der Waals surface area contributed by atoms with Gasteiger partial charge in [-0.05, 0) is 47.8 Å². The molecule has 2 bridgehead atoms.